The number of nitrogens with zero attached hydrogens (tertiary/aromatic N) is 4. The Hall–Kier alpha value is -4.79. The van der Waals surface area contributed by atoms with E-state index in [2.05, 4.69) is 45.1 Å². The number of carbonyl (C=O) groups is 1. The lowest BCUT2D eigenvalue weighted by Crippen LogP contribution is -2.28. The van der Waals surface area contributed by atoms with Gasteiger partial charge in [-0.3, -0.25) is 9.59 Å². The van der Waals surface area contributed by atoms with Gasteiger partial charge in [0.05, 0.1) is 12.1 Å². The first-order valence-corrected chi connectivity index (χ1v) is 13.5. The number of pyridine rings is 2. The van der Waals surface area contributed by atoms with Gasteiger partial charge in [-0.05, 0) is 69.7 Å². The van der Waals surface area contributed by atoms with Gasteiger partial charge in [0.1, 0.15) is 5.82 Å². The number of fused-ring (bicyclic) bond motifs is 1. The van der Waals surface area contributed by atoms with Gasteiger partial charge >= 0.3 is 0 Å². The van der Waals surface area contributed by atoms with Gasteiger partial charge in [-0.25, -0.2) is 4.98 Å². The van der Waals surface area contributed by atoms with Gasteiger partial charge in [0.2, 0.25) is 0 Å². The molecule has 3 aromatic heterocycles. The number of aromatic amines is 1. The Bertz CT molecular complexity index is 1650. The molecule has 0 spiro atoms. The van der Waals surface area contributed by atoms with Crippen molar-refractivity contribution < 1.29 is 4.79 Å². The molecule has 0 saturated carbocycles. The maximum Gasteiger partial charge on any atom is 0.255 e. The Morgan fingerprint density at radius 3 is 2.50 bits per heavy atom. The van der Waals surface area contributed by atoms with Gasteiger partial charge in [-0.1, -0.05) is 0 Å². The summed E-state index contributed by atoms with van der Waals surface area (Å²) in [4.78, 5) is 37.8. The molecule has 4 aromatic rings. The van der Waals surface area contributed by atoms with E-state index in [-0.39, 0.29) is 24.1 Å². The zero-order valence-corrected chi connectivity index (χ0v) is 23.5. The number of carbonyl (C=O) groups excluding carboxylic acids is 1. The van der Waals surface area contributed by atoms with E-state index in [0.717, 1.165) is 39.2 Å². The van der Waals surface area contributed by atoms with Gasteiger partial charge in [0.15, 0.2) is 0 Å². The topological polar surface area (TPSA) is 98.3 Å². The van der Waals surface area contributed by atoms with Crippen LogP contribution in [0.3, 0.4) is 0 Å². The molecule has 4 heterocycles. The summed E-state index contributed by atoms with van der Waals surface area (Å²) >= 11 is 0. The van der Waals surface area contributed by atoms with E-state index in [9.17, 15) is 9.59 Å². The van der Waals surface area contributed by atoms with Crippen LogP contribution < -0.4 is 21.1 Å². The number of hydrogen-bond donors (Lipinski definition) is 3. The number of aromatic nitrogens is 3. The van der Waals surface area contributed by atoms with Crippen molar-refractivity contribution in [3.63, 3.8) is 0 Å². The smallest absolute Gasteiger partial charge is 0.255 e. The Morgan fingerprint density at radius 2 is 1.82 bits per heavy atom. The Balaban J connectivity index is 1.49. The van der Waals surface area contributed by atoms with Gasteiger partial charge in [-0.15, -0.1) is 0 Å². The SMILES string of the molecule is CCNc1cc(C)[nH]c(=O)c1CNC(=O)c1cc(-c2ccc(N3C=CN(C)C=C3)nc2)cc2c1ccn2C(C)C. The van der Waals surface area contributed by atoms with Crippen molar-refractivity contribution in [3.05, 3.63) is 101 Å². The minimum atomic E-state index is -0.243. The molecule has 1 aliphatic rings. The number of nitrogens with one attached hydrogen (secondary N) is 3. The van der Waals surface area contributed by atoms with E-state index in [1.165, 1.54) is 0 Å². The molecule has 0 saturated heterocycles. The first kappa shape index (κ1) is 26.8. The molecule has 0 bridgehead atoms. The monoisotopic (exact) mass is 537 g/mol. The first-order chi connectivity index (χ1) is 19.2. The molecule has 0 unspecified atom stereocenters. The standard InChI is InChI=1S/C31H35N7O2/c1-6-32-27-15-21(4)35-31(40)26(27)19-34-30(39)25-16-23(17-28-24(25)9-10-38(28)20(2)3)22-7-8-29(33-18-22)37-13-11-36(5)12-14-37/h7-18,20H,6,19H2,1-5H3,(H,34,39)(H2,32,35,40). The molecule has 5 rings (SSSR count). The summed E-state index contributed by atoms with van der Waals surface area (Å²) in [6.07, 6.45) is 11.7. The fourth-order valence-corrected chi connectivity index (χ4v) is 4.89. The number of hydrogen-bond acceptors (Lipinski definition) is 6. The van der Waals surface area contributed by atoms with Crippen molar-refractivity contribution in [2.24, 2.45) is 0 Å². The molecule has 1 aromatic carbocycles. The number of anilines is 2. The second kappa shape index (κ2) is 11.1. The molecule has 0 fully saturated rings. The fraction of sp³-hybridized carbons (Fsp3) is 0.258. The maximum absolute atomic E-state index is 13.6. The molecular weight excluding hydrogens is 502 g/mol. The number of amides is 1. The maximum atomic E-state index is 13.6. The summed E-state index contributed by atoms with van der Waals surface area (Å²) in [6.45, 7) is 8.82. The molecule has 9 heteroatoms. The van der Waals surface area contributed by atoms with Crippen molar-refractivity contribution in [1.29, 1.82) is 0 Å². The van der Waals surface area contributed by atoms with Crippen molar-refractivity contribution in [2.75, 3.05) is 23.8 Å². The van der Waals surface area contributed by atoms with Crippen LogP contribution in [0.25, 0.3) is 22.0 Å². The molecular formula is C31H35N7O2. The highest BCUT2D eigenvalue weighted by Gasteiger charge is 2.18. The van der Waals surface area contributed by atoms with E-state index >= 15 is 0 Å². The molecule has 9 nitrogen and oxygen atoms in total. The zero-order chi connectivity index (χ0) is 28.4. The summed E-state index contributed by atoms with van der Waals surface area (Å²) in [5, 5.41) is 7.08. The molecule has 40 heavy (non-hydrogen) atoms. The summed E-state index contributed by atoms with van der Waals surface area (Å²) in [5.41, 5.74) is 5.09. The van der Waals surface area contributed by atoms with Gasteiger partial charge in [-0.2, -0.15) is 0 Å². The first-order valence-electron chi connectivity index (χ1n) is 13.5. The van der Waals surface area contributed by atoms with Crippen LogP contribution in [0.4, 0.5) is 11.5 Å². The molecule has 1 amide bonds. The van der Waals surface area contributed by atoms with E-state index in [0.29, 0.717) is 17.7 Å². The number of aryl methyl sites for hydroxylation is 1. The summed E-state index contributed by atoms with van der Waals surface area (Å²) in [5.74, 6) is 0.557. The number of rotatable bonds is 8. The molecule has 3 N–H and O–H groups in total. The second-order valence-electron chi connectivity index (χ2n) is 10.2. The van der Waals surface area contributed by atoms with Crippen LogP contribution in [0.1, 0.15) is 48.4 Å². The fourth-order valence-electron chi connectivity index (χ4n) is 4.89. The predicted molar refractivity (Wildman–Crippen MR) is 161 cm³/mol. The normalized spacial score (nSPS) is 12.9. The van der Waals surface area contributed by atoms with Gasteiger partial charge in [0, 0.05) is 90.2 Å². The quantitative estimate of drug-likeness (QED) is 0.281. The van der Waals surface area contributed by atoms with E-state index in [1.54, 1.807) is 0 Å². The van der Waals surface area contributed by atoms with Crippen LogP contribution in [0.2, 0.25) is 0 Å². The highest BCUT2D eigenvalue weighted by atomic mass is 16.1. The van der Waals surface area contributed by atoms with Crippen LogP contribution in [-0.4, -0.2) is 38.9 Å². The lowest BCUT2D eigenvalue weighted by Gasteiger charge is -2.21. The largest absolute Gasteiger partial charge is 0.385 e. The molecule has 206 valence electrons. The predicted octanol–water partition coefficient (Wildman–Crippen LogP) is 5.34. The highest BCUT2D eigenvalue weighted by Crippen LogP contribution is 2.31. The summed E-state index contributed by atoms with van der Waals surface area (Å²) in [6, 6.07) is 12.1. The van der Waals surface area contributed by atoms with Crippen molar-refractivity contribution in [2.45, 2.75) is 40.3 Å². The average molecular weight is 538 g/mol. The zero-order valence-electron chi connectivity index (χ0n) is 23.5. The van der Waals surface area contributed by atoms with E-state index in [1.807, 2.05) is 98.2 Å². The van der Waals surface area contributed by atoms with Crippen molar-refractivity contribution >= 4 is 28.3 Å². The Morgan fingerprint density at radius 1 is 1.05 bits per heavy atom. The molecule has 0 atom stereocenters. The number of H-pyrrole nitrogens is 1. The summed E-state index contributed by atoms with van der Waals surface area (Å²) in [7, 11) is 1.97. The van der Waals surface area contributed by atoms with Crippen LogP contribution in [0, 0.1) is 6.92 Å². The van der Waals surface area contributed by atoms with Crippen molar-refractivity contribution in [3.8, 4) is 11.1 Å². The van der Waals surface area contributed by atoms with Crippen LogP contribution in [0.5, 0.6) is 0 Å². The van der Waals surface area contributed by atoms with Crippen LogP contribution in [0.15, 0.2) is 78.4 Å². The third kappa shape index (κ3) is 5.36. The highest BCUT2D eigenvalue weighted by molar-refractivity contribution is 6.08. The molecule has 0 radical (unpaired) electrons. The lowest BCUT2D eigenvalue weighted by molar-refractivity contribution is 0.0952. The van der Waals surface area contributed by atoms with E-state index in [4.69, 9.17) is 0 Å². The second-order valence-corrected chi connectivity index (χ2v) is 10.2. The van der Waals surface area contributed by atoms with Gasteiger partial charge < -0.3 is 30.0 Å². The number of benzene rings is 1. The minimum Gasteiger partial charge on any atom is -0.385 e. The lowest BCUT2D eigenvalue weighted by atomic mass is 10.0. The van der Waals surface area contributed by atoms with E-state index < -0.39 is 0 Å². The Labute approximate surface area is 233 Å². The van der Waals surface area contributed by atoms with Gasteiger partial charge in [0.25, 0.3) is 11.5 Å². The molecule has 0 aliphatic carbocycles. The van der Waals surface area contributed by atoms with Crippen LogP contribution in [-0.2, 0) is 6.54 Å². The average Bonchev–Trinajstić information content (AvgIpc) is 3.37. The third-order valence-corrected chi connectivity index (χ3v) is 6.97. The summed E-state index contributed by atoms with van der Waals surface area (Å²) < 4.78 is 2.16. The minimum absolute atomic E-state index is 0.107. The van der Waals surface area contributed by atoms with Crippen molar-refractivity contribution in [1.82, 2.24) is 24.8 Å². The third-order valence-electron chi connectivity index (χ3n) is 6.97. The Kier molecular flexibility index (Phi) is 7.46. The molecule has 1 aliphatic heterocycles. The van der Waals surface area contributed by atoms with Crippen LogP contribution >= 0.6 is 0 Å².